The van der Waals surface area contributed by atoms with Crippen LogP contribution in [-0.4, -0.2) is 91.3 Å². The molecule has 1 aliphatic carbocycles. The Morgan fingerprint density at radius 3 is 2.15 bits per heavy atom. The maximum absolute atomic E-state index is 14.3. The van der Waals surface area contributed by atoms with Crippen molar-refractivity contribution in [3.8, 4) is 50.6 Å². The molecule has 4 aromatic carbocycles. The molecule has 7 aromatic rings. The number of halogens is 1. The van der Waals surface area contributed by atoms with E-state index in [0.29, 0.717) is 24.5 Å². The summed E-state index contributed by atoms with van der Waals surface area (Å²) in [7, 11) is 2.56. The summed E-state index contributed by atoms with van der Waals surface area (Å²) in [5.41, 5.74) is 11.6. The van der Waals surface area contributed by atoms with Crippen molar-refractivity contribution < 1.29 is 37.8 Å². The number of imidazole rings is 2. The van der Waals surface area contributed by atoms with Gasteiger partial charge in [-0.2, -0.15) is 0 Å². The van der Waals surface area contributed by atoms with Crippen LogP contribution in [0.5, 0.6) is 5.75 Å². The molecule has 1 saturated carbocycles. The highest BCUT2D eigenvalue weighted by molar-refractivity contribution is 5.93. The minimum Gasteiger partial charge on any atom is -0.465 e. The van der Waals surface area contributed by atoms with Crippen LogP contribution in [0.3, 0.4) is 0 Å². The van der Waals surface area contributed by atoms with Crippen molar-refractivity contribution in [1.29, 1.82) is 0 Å². The molecule has 10 rings (SSSR count). The predicted molar refractivity (Wildman–Crippen MR) is 273 cm³/mol. The molecule has 0 bridgehead atoms. The van der Waals surface area contributed by atoms with E-state index in [1.165, 1.54) is 31.4 Å². The summed E-state index contributed by atoms with van der Waals surface area (Å²) < 4.78 is 33.0. The van der Waals surface area contributed by atoms with Gasteiger partial charge in [-0.15, -0.1) is 0 Å². The molecule has 5 heterocycles. The molecular formula is C56H60FN9O7. The summed E-state index contributed by atoms with van der Waals surface area (Å²) in [6.07, 6.45) is 6.59. The number of hydrogen-bond donors (Lipinski definition) is 4. The van der Waals surface area contributed by atoms with E-state index >= 15 is 0 Å². The molecule has 2 fully saturated rings. The lowest BCUT2D eigenvalue weighted by Gasteiger charge is -2.35. The van der Waals surface area contributed by atoms with E-state index in [2.05, 4.69) is 73.8 Å². The Balaban J connectivity index is 0.910. The Morgan fingerprint density at radius 1 is 0.753 bits per heavy atom. The molecule has 2 unspecified atom stereocenters. The summed E-state index contributed by atoms with van der Waals surface area (Å²) in [6.45, 7) is 8.04. The van der Waals surface area contributed by atoms with Crippen molar-refractivity contribution in [2.75, 3.05) is 20.8 Å². The average Bonchev–Trinajstić information content (AvgIpc) is 4.26. The second kappa shape index (κ2) is 20.3. The van der Waals surface area contributed by atoms with Gasteiger partial charge in [-0.3, -0.25) is 9.59 Å². The van der Waals surface area contributed by atoms with Crippen LogP contribution in [0.4, 0.5) is 14.0 Å². The standard InChI is InChI=1S/C56H60FN9O7/c1-31(2)49(62-55(69)71-5)53(68)64-25-9-12-46(64)51-59-30-44(61-51)37-19-23-42-47-27-38-26-36(20-24-45(38)65(47)54(73-48(42)28-37)35-17-21-39(57)22-18-35)33-13-15-34(16-14-33)43-29-58-50(60-43)40-10-7-8-11-41(40)52(67)66(32(3)4)63-56(70)72-6/h13-24,26-32,40-41,46,49,54H,7-12,25H2,1-6H3,(H,58,60)(H,59,61)(H,62,69)(H,63,70)/t40?,41-,46+,49+,54?/m1/s1. The van der Waals surface area contributed by atoms with E-state index in [1.54, 1.807) is 23.2 Å². The Kier molecular flexibility index (Phi) is 13.5. The predicted octanol–water partition coefficient (Wildman–Crippen LogP) is 10.7. The highest BCUT2D eigenvalue weighted by atomic mass is 19.1. The lowest BCUT2D eigenvalue weighted by Crippen LogP contribution is -2.53. The number of H-pyrrole nitrogens is 2. The first-order valence-electron chi connectivity index (χ1n) is 25.0. The molecule has 0 spiro atoms. The van der Waals surface area contributed by atoms with Crippen molar-refractivity contribution in [3.63, 3.8) is 0 Å². The van der Waals surface area contributed by atoms with Gasteiger partial charge in [0.05, 0.1) is 55.3 Å². The van der Waals surface area contributed by atoms with Gasteiger partial charge in [0.25, 0.3) is 0 Å². The molecule has 3 aromatic heterocycles. The number of rotatable bonds is 11. The molecule has 4 N–H and O–H groups in total. The van der Waals surface area contributed by atoms with Gasteiger partial charge in [0.2, 0.25) is 18.0 Å². The summed E-state index contributed by atoms with van der Waals surface area (Å²) >= 11 is 0. The molecule has 1 saturated heterocycles. The topological polar surface area (TPSA) is 189 Å². The smallest absolute Gasteiger partial charge is 0.425 e. The van der Waals surface area contributed by atoms with Crippen LogP contribution in [0.1, 0.15) is 102 Å². The maximum atomic E-state index is 14.3. The number of nitrogens with one attached hydrogen (secondary N) is 4. The SMILES string of the molecule is COC(=O)N[C@H](C(=O)N1CCC[C@H]1c1ncc(-c2ccc3c(c2)OC(c2ccc(F)cc2)n2c-3cc3cc(-c4ccc(-c5cnc(C6CCCC[C@H]6C(=O)N(NC(=O)OC)C(C)C)[nH]5)cc4)ccc32)[nH]1)C(C)C. The lowest BCUT2D eigenvalue weighted by molar-refractivity contribution is -0.142. The number of nitrogens with zero attached hydrogens (tertiary/aromatic N) is 5. The number of hydrogen-bond acceptors (Lipinski definition) is 9. The Morgan fingerprint density at radius 2 is 1.42 bits per heavy atom. The minimum atomic E-state index is -0.739. The van der Waals surface area contributed by atoms with E-state index in [0.717, 1.165) is 99.3 Å². The molecule has 73 heavy (non-hydrogen) atoms. The second-order valence-corrected chi connectivity index (χ2v) is 19.8. The third-order valence-electron chi connectivity index (χ3n) is 14.6. The number of aromatic nitrogens is 5. The van der Waals surface area contributed by atoms with Crippen LogP contribution >= 0.6 is 0 Å². The van der Waals surface area contributed by atoms with Gasteiger partial charge >= 0.3 is 12.2 Å². The Labute approximate surface area is 422 Å². The van der Waals surface area contributed by atoms with Crippen LogP contribution in [0.2, 0.25) is 0 Å². The zero-order valence-corrected chi connectivity index (χ0v) is 41.8. The van der Waals surface area contributed by atoms with E-state index in [1.807, 2.05) is 52.1 Å². The number of carbonyl (C=O) groups excluding carboxylic acids is 4. The van der Waals surface area contributed by atoms with Gasteiger partial charge in [0.15, 0.2) is 0 Å². The highest BCUT2D eigenvalue weighted by Crippen LogP contribution is 2.47. The zero-order chi connectivity index (χ0) is 51.1. The van der Waals surface area contributed by atoms with Crippen molar-refractivity contribution in [2.24, 2.45) is 11.8 Å². The van der Waals surface area contributed by atoms with E-state index in [4.69, 9.17) is 24.2 Å². The van der Waals surface area contributed by atoms with Crippen LogP contribution in [0.25, 0.3) is 55.8 Å². The lowest BCUT2D eigenvalue weighted by atomic mass is 9.78. The number of methoxy groups -OCH3 is 2. The summed E-state index contributed by atoms with van der Waals surface area (Å²) in [4.78, 5) is 70.3. The van der Waals surface area contributed by atoms with Crippen LogP contribution in [0.15, 0.2) is 103 Å². The average molecular weight is 990 g/mol. The number of hydrazine groups is 1. The molecular weight excluding hydrogens is 930 g/mol. The molecule has 5 atom stereocenters. The first-order chi connectivity index (χ1) is 35.3. The van der Waals surface area contributed by atoms with Gasteiger partial charge in [-0.05, 0) is 105 Å². The summed E-state index contributed by atoms with van der Waals surface area (Å²) in [5, 5.41) is 5.09. The van der Waals surface area contributed by atoms with Crippen molar-refractivity contribution in [3.05, 3.63) is 126 Å². The molecule has 4 amide bonds. The first kappa shape index (κ1) is 48.7. The quantitative estimate of drug-likeness (QED) is 0.0914. The normalized spacial score (nSPS) is 18.7. The van der Waals surface area contributed by atoms with Gasteiger partial charge < -0.3 is 39.0 Å². The Hall–Kier alpha value is -7.95. The zero-order valence-electron chi connectivity index (χ0n) is 41.8. The highest BCUT2D eigenvalue weighted by Gasteiger charge is 2.40. The number of ether oxygens (including phenoxy) is 3. The molecule has 0 radical (unpaired) electrons. The summed E-state index contributed by atoms with van der Waals surface area (Å²) in [5.74, 6) is 0.785. The molecule has 3 aliphatic rings. The van der Waals surface area contributed by atoms with Crippen molar-refractivity contribution in [2.45, 2.75) is 96.5 Å². The fraction of sp³-hybridized carbons (Fsp3) is 0.357. The fourth-order valence-electron chi connectivity index (χ4n) is 10.8. The van der Waals surface area contributed by atoms with Gasteiger partial charge in [-0.1, -0.05) is 75.2 Å². The number of amides is 4. The van der Waals surface area contributed by atoms with Gasteiger partial charge in [-0.25, -0.2) is 34.4 Å². The number of carbonyl (C=O) groups is 4. The second-order valence-electron chi connectivity index (χ2n) is 19.8. The van der Waals surface area contributed by atoms with E-state index in [-0.39, 0.29) is 47.5 Å². The van der Waals surface area contributed by atoms with Crippen LogP contribution in [-0.2, 0) is 19.1 Å². The number of fused-ring (bicyclic) bond motifs is 5. The molecule has 378 valence electrons. The third-order valence-corrected chi connectivity index (χ3v) is 14.6. The van der Waals surface area contributed by atoms with Gasteiger partial charge in [0, 0.05) is 46.5 Å². The largest absolute Gasteiger partial charge is 0.465 e. The number of likely N-dealkylation sites (tertiary alicyclic amines) is 1. The van der Waals surface area contributed by atoms with Gasteiger partial charge in [0.1, 0.15) is 29.3 Å². The minimum absolute atomic E-state index is 0.127. The third kappa shape index (κ3) is 9.51. The number of alkyl carbamates (subject to hydrolysis) is 1. The molecule has 16 nitrogen and oxygen atoms in total. The van der Waals surface area contributed by atoms with Crippen molar-refractivity contribution in [1.82, 2.24) is 45.2 Å². The Bertz CT molecular complexity index is 3180. The maximum Gasteiger partial charge on any atom is 0.425 e. The van der Waals surface area contributed by atoms with E-state index < -0.39 is 24.5 Å². The van der Waals surface area contributed by atoms with Crippen molar-refractivity contribution >= 4 is 34.9 Å². The summed E-state index contributed by atoms with van der Waals surface area (Å²) in [6, 6.07) is 28.0. The molecule has 17 heteroatoms. The van der Waals surface area contributed by atoms with Crippen LogP contribution < -0.4 is 15.5 Å². The molecule has 2 aliphatic heterocycles. The van der Waals surface area contributed by atoms with Crippen LogP contribution in [0, 0.1) is 17.7 Å². The fourth-order valence-corrected chi connectivity index (χ4v) is 10.8. The first-order valence-corrected chi connectivity index (χ1v) is 25.0. The number of benzene rings is 4. The number of aromatic amines is 2. The van der Waals surface area contributed by atoms with E-state index in [9.17, 15) is 23.6 Å². The monoisotopic (exact) mass is 989 g/mol.